The van der Waals surface area contributed by atoms with Gasteiger partial charge in [-0.2, -0.15) is 0 Å². The molecular weight excluding hydrogens is 256 g/mol. The summed E-state index contributed by atoms with van der Waals surface area (Å²) in [5, 5.41) is 6.60. The summed E-state index contributed by atoms with van der Waals surface area (Å²) in [6, 6.07) is 0.402. The third-order valence-corrected chi connectivity index (χ3v) is 3.12. The van der Waals surface area contributed by atoms with Crippen molar-refractivity contribution < 1.29 is 9.53 Å². The van der Waals surface area contributed by atoms with Crippen LogP contribution in [0.4, 0.5) is 5.95 Å². The van der Waals surface area contributed by atoms with E-state index in [1.807, 2.05) is 20.8 Å². The van der Waals surface area contributed by atoms with Crippen LogP contribution in [0.3, 0.4) is 0 Å². The lowest BCUT2D eigenvalue weighted by atomic mass is 9.97. The van der Waals surface area contributed by atoms with E-state index >= 15 is 0 Å². The highest BCUT2D eigenvalue weighted by molar-refractivity contribution is 5.77. The Kier molecular flexibility index (Phi) is 4.54. The standard InChI is InChI=1S/C14H22N4O2/c1-14(2,3)12(19)20-11-8-16-13(17-9-11)18-10-4-6-15-7-5-10/h8-10,15H,4-7H2,1-3H3,(H,16,17,18). The third-order valence-electron chi connectivity index (χ3n) is 3.12. The molecular formula is C14H22N4O2. The minimum atomic E-state index is -0.536. The first kappa shape index (κ1) is 14.7. The van der Waals surface area contributed by atoms with Gasteiger partial charge in [-0.15, -0.1) is 0 Å². The smallest absolute Gasteiger partial charge is 0.316 e. The number of carbonyl (C=O) groups excluding carboxylic acids is 1. The summed E-state index contributed by atoms with van der Waals surface area (Å²) < 4.78 is 5.22. The van der Waals surface area contributed by atoms with Gasteiger partial charge in [-0.1, -0.05) is 0 Å². The number of esters is 1. The lowest BCUT2D eigenvalue weighted by Crippen LogP contribution is -2.35. The van der Waals surface area contributed by atoms with Crippen LogP contribution in [0.5, 0.6) is 5.75 Å². The zero-order chi connectivity index (χ0) is 14.6. The number of nitrogens with one attached hydrogen (secondary N) is 2. The molecule has 1 aromatic heterocycles. The second-order valence-electron chi connectivity index (χ2n) is 6.05. The molecule has 0 unspecified atom stereocenters. The van der Waals surface area contributed by atoms with E-state index in [0.717, 1.165) is 25.9 Å². The van der Waals surface area contributed by atoms with Crippen molar-refractivity contribution in [3.05, 3.63) is 12.4 Å². The summed E-state index contributed by atoms with van der Waals surface area (Å²) in [4.78, 5) is 20.1. The molecule has 110 valence electrons. The molecule has 1 aliphatic rings. The molecule has 0 bridgehead atoms. The molecule has 0 radical (unpaired) electrons. The average molecular weight is 278 g/mol. The van der Waals surface area contributed by atoms with Gasteiger partial charge in [0.15, 0.2) is 5.75 Å². The lowest BCUT2D eigenvalue weighted by molar-refractivity contribution is -0.143. The molecule has 0 amide bonds. The maximum atomic E-state index is 11.7. The predicted octanol–water partition coefficient (Wildman–Crippen LogP) is 1.59. The molecule has 2 heterocycles. The maximum Gasteiger partial charge on any atom is 0.316 e. The second kappa shape index (κ2) is 6.17. The monoisotopic (exact) mass is 278 g/mol. The van der Waals surface area contributed by atoms with Crippen molar-refractivity contribution in [1.82, 2.24) is 15.3 Å². The van der Waals surface area contributed by atoms with Crippen LogP contribution in [0, 0.1) is 5.41 Å². The van der Waals surface area contributed by atoms with Crippen molar-refractivity contribution in [2.75, 3.05) is 18.4 Å². The average Bonchev–Trinajstić information content (AvgIpc) is 2.41. The predicted molar refractivity (Wildman–Crippen MR) is 76.6 cm³/mol. The molecule has 0 spiro atoms. The number of nitrogens with zero attached hydrogens (tertiary/aromatic N) is 2. The number of hydrogen-bond acceptors (Lipinski definition) is 6. The summed E-state index contributed by atoms with van der Waals surface area (Å²) >= 11 is 0. The van der Waals surface area contributed by atoms with Crippen LogP contribution in [0.2, 0.25) is 0 Å². The minimum absolute atomic E-state index is 0.292. The van der Waals surface area contributed by atoms with Gasteiger partial charge in [-0.25, -0.2) is 9.97 Å². The number of hydrogen-bond donors (Lipinski definition) is 2. The summed E-state index contributed by atoms with van der Waals surface area (Å²) in [5.41, 5.74) is -0.536. The second-order valence-corrected chi connectivity index (χ2v) is 6.05. The van der Waals surface area contributed by atoms with Crippen molar-refractivity contribution >= 4 is 11.9 Å². The normalized spacial score (nSPS) is 16.8. The van der Waals surface area contributed by atoms with Crippen LogP contribution in [0.1, 0.15) is 33.6 Å². The number of carbonyl (C=O) groups is 1. The molecule has 6 heteroatoms. The number of rotatable bonds is 3. The number of piperidine rings is 1. The largest absolute Gasteiger partial charge is 0.423 e. The highest BCUT2D eigenvalue weighted by atomic mass is 16.5. The fourth-order valence-corrected chi connectivity index (χ4v) is 1.85. The Balaban J connectivity index is 1.91. The molecule has 0 aliphatic carbocycles. The topological polar surface area (TPSA) is 76.1 Å². The molecule has 1 aliphatic heterocycles. The first-order valence-corrected chi connectivity index (χ1v) is 6.97. The molecule has 2 rings (SSSR count). The van der Waals surface area contributed by atoms with Gasteiger partial charge in [-0.05, 0) is 46.7 Å². The Morgan fingerprint density at radius 3 is 2.45 bits per heavy atom. The zero-order valence-corrected chi connectivity index (χ0v) is 12.3. The summed E-state index contributed by atoms with van der Waals surface area (Å²) in [5.74, 6) is 0.661. The van der Waals surface area contributed by atoms with Crippen molar-refractivity contribution in [3.63, 3.8) is 0 Å². The van der Waals surface area contributed by atoms with Crippen LogP contribution in [-0.4, -0.2) is 35.1 Å². The van der Waals surface area contributed by atoms with Gasteiger partial charge in [0.1, 0.15) is 0 Å². The molecule has 1 saturated heterocycles. The van der Waals surface area contributed by atoms with E-state index in [0.29, 0.717) is 17.7 Å². The first-order chi connectivity index (χ1) is 9.45. The van der Waals surface area contributed by atoms with Crippen molar-refractivity contribution in [1.29, 1.82) is 0 Å². The Bertz CT molecular complexity index is 447. The van der Waals surface area contributed by atoms with Crippen LogP contribution < -0.4 is 15.4 Å². The quantitative estimate of drug-likeness (QED) is 0.818. The summed E-state index contributed by atoms with van der Waals surface area (Å²) in [7, 11) is 0. The first-order valence-electron chi connectivity index (χ1n) is 6.97. The molecule has 1 fully saturated rings. The van der Waals surface area contributed by atoms with Gasteiger partial charge in [0, 0.05) is 6.04 Å². The highest BCUT2D eigenvalue weighted by Crippen LogP contribution is 2.19. The summed E-state index contributed by atoms with van der Waals surface area (Å²) in [6.07, 6.45) is 5.17. The molecule has 0 saturated carbocycles. The highest BCUT2D eigenvalue weighted by Gasteiger charge is 2.24. The number of aromatic nitrogens is 2. The van der Waals surface area contributed by atoms with Gasteiger partial charge < -0.3 is 15.4 Å². The fraction of sp³-hybridized carbons (Fsp3) is 0.643. The molecule has 0 atom stereocenters. The van der Waals surface area contributed by atoms with E-state index in [9.17, 15) is 4.79 Å². The van der Waals surface area contributed by atoms with Gasteiger partial charge in [0.25, 0.3) is 0 Å². The van der Waals surface area contributed by atoms with E-state index < -0.39 is 5.41 Å². The number of ether oxygens (including phenoxy) is 1. The SMILES string of the molecule is CC(C)(C)C(=O)Oc1cnc(NC2CCNCC2)nc1. The van der Waals surface area contributed by atoms with E-state index in [4.69, 9.17) is 4.74 Å². The maximum absolute atomic E-state index is 11.7. The van der Waals surface area contributed by atoms with E-state index in [-0.39, 0.29) is 5.97 Å². The van der Waals surface area contributed by atoms with E-state index in [2.05, 4.69) is 20.6 Å². The Hall–Kier alpha value is -1.69. The summed E-state index contributed by atoms with van der Waals surface area (Å²) in [6.45, 7) is 7.45. The molecule has 2 N–H and O–H groups in total. The van der Waals surface area contributed by atoms with Crippen LogP contribution >= 0.6 is 0 Å². The van der Waals surface area contributed by atoms with Gasteiger partial charge in [0.2, 0.25) is 5.95 Å². The Morgan fingerprint density at radius 2 is 1.90 bits per heavy atom. The fourth-order valence-electron chi connectivity index (χ4n) is 1.85. The molecule has 0 aromatic carbocycles. The third kappa shape index (κ3) is 4.16. The lowest BCUT2D eigenvalue weighted by Gasteiger charge is -2.23. The Morgan fingerprint density at radius 1 is 1.30 bits per heavy atom. The van der Waals surface area contributed by atoms with Gasteiger partial charge in [-0.3, -0.25) is 4.79 Å². The molecule has 20 heavy (non-hydrogen) atoms. The van der Waals surface area contributed by atoms with Crippen molar-refractivity contribution in [3.8, 4) is 5.75 Å². The molecule has 1 aromatic rings. The Labute approximate surface area is 119 Å². The zero-order valence-electron chi connectivity index (χ0n) is 12.3. The molecule has 6 nitrogen and oxygen atoms in total. The van der Waals surface area contributed by atoms with E-state index in [1.54, 1.807) is 0 Å². The van der Waals surface area contributed by atoms with Gasteiger partial charge in [0.05, 0.1) is 17.8 Å². The van der Waals surface area contributed by atoms with Crippen LogP contribution in [0.25, 0.3) is 0 Å². The van der Waals surface area contributed by atoms with Gasteiger partial charge >= 0.3 is 5.97 Å². The van der Waals surface area contributed by atoms with Crippen molar-refractivity contribution in [2.24, 2.45) is 5.41 Å². The van der Waals surface area contributed by atoms with Crippen LogP contribution in [0.15, 0.2) is 12.4 Å². The number of anilines is 1. The van der Waals surface area contributed by atoms with Crippen molar-refractivity contribution in [2.45, 2.75) is 39.7 Å². The van der Waals surface area contributed by atoms with Crippen LogP contribution in [-0.2, 0) is 4.79 Å². The van der Waals surface area contributed by atoms with E-state index in [1.165, 1.54) is 12.4 Å². The minimum Gasteiger partial charge on any atom is -0.423 e.